The number of hydrogen-bond acceptors (Lipinski definition) is 5. The summed E-state index contributed by atoms with van der Waals surface area (Å²) in [5.74, 6) is 0.476. The summed E-state index contributed by atoms with van der Waals surface area (Å²) in [5.41, 5.74) is 2.13. The van der Waals surface area contributed by atoms with Crippen molar-refractivity contribution in [3.05, 3.63) is 84.1 Å². The van der Waals surface area contributed by atoms with Crippen LogP contribution < -0.4 is 0 Å². The van der Waals surface area contributed by atoms with Crippen LogP contribution in [-0.2, 0) is 36.9 Å². The Morgan fingerprint density at radius 1 is 0.778 bits per heavy atom. The molecule has 0 bridgehead atoms. The number of benzene rings is 2. The zero-order valence-electron chi connectivity index (χ0n) is 15.7. The molecular formula is C22H26O5. The van der Waals surface area contributed by atoms with Gasteiger partial charge >= 0.3 is 0 Å². The first-order chi connectivity index (χ1) is 13.2. The molecule has 5 heteroatoms. The Balaban J connectivity index is 1.70. The van der Waals surface area contributed by atoms with Gasteiger partial charge in [0.15, 0.2) is 0 Å². The number of ether oxygens (including phenoxy) is 5. The van der Waals surface area contributed by atoms with Gasteiger partial charge in [0.1, 0.15) is 24.1 Å². The van der Waals surface area contributed by atoms with E-state index in [2.05, 4.69) is 6.58 Å². The summed E-state index contributed by atoms with van der Waals surface area (Å²) in [6.07, 6.45) is -1.92. The fraction of sp³-hybridized carbons (Fsp3) is 0.364. The first kappa shape index (κ1) is 19.6. The van der Waals surface area contributed by atoms with Crippen LogP contribution in [0.1, 0.15) is 11.1 Å². The van der Waals surface area contributed by atoms with Crippen molar-refractivity contribution in [2.24, 2.45) is 0 Å². The first-order valence-corrected chi connectivity index (χ1v) is 8.95. The van der Waals surface area contributed by atoms with Crippen LogP contribution in [0.25, 0.3) is 0 Å². The molecule has 1 aliphatic rings. The van der Waals surface area contributed by atoms with Gasteiger partial charge in [-0.25, -0.2) is 0 Å². The highest BCUT2D eigenvalue weighted by Crippen LogP contribution is 2.30. The van der Waals surface area contributed by atoms with Crippen molar-refractivity contribution >= 4 is 0 Å². The van der Waals surface area contributed by atoms with Crippen molar-refractivity contribution in [1.29, 1.82) is 0 Å². The van der Waals surface area contributed by atoms with Gasteiger partial charge in [0.25, 0.3) is 0 Å². The normalized spacial score (nSPS) is 25.2. The molecule has 2 aromatic rings. The molecule has 5 nitrogen and oxygen atoms in total. The Bertz CT molecular complexity index is 703. The van der Waals surface area contributed by atoms with Crippen molar-refractivity contribution in [3.8, 4) is 0 Å². The Labute approximate surface area is 160 Å². The summed E-state index contributed by atoms with van der Waals surface area (Å²) >= 11 is 0. The number of methoxy groups -OCH3 is 2. The molecule has 0 amide bonds. The van der Waals surface area contributed by atoms with Crippen molar-refractivity contribution < 1.29 is 23.7 Å². The Hall–Kier alpha value is -2.18. The summed E-state index contributed by atoms with van der Waals surface area (Å²) in [6.45, 7) is 4.84. The van der Waals surface area contributed by atoms with Gasteiger partial charge in [-0.3, -0.25) is 0 Å². The minimum Gasteiger partial charge on any atom is -0.464 e. The molecule has 0 saturated carbocycles. The monoisotopic (exact) mass is 370 g/mol. The minimum absolute atomic E-state index is 0.399. The van der Waals surface area contributed by atoms with Crippen LogP contribution in [0.3, 0.4) is 0 Å². The lowest BCUT2D eigenvalue weighted by Crippen LogP contribution is -2.55. The summed E-state index contributed by atoms with van der Waals surface area (Å²) in [4.78, 5) is 0. The Morgan fingerprint density at radius 2 is 1.33 bits per heavy atom. The van der Waals surface area contributed by atoms with Gasteiger partial charge in [0, 0.05) is 14.2 Å². The largest absolute Gasteiger partial charge is 0.464 e. The quantitative estimate of drug-likeness (QED) is 0.709. The third kappa shape index (κ3) is 4.96. The maximum atomic E-state index is 6.11. The molecular weight excluding hydrogens is 344 g/mol. The molecule has 0 aromatic heterocycles. The van der Waals surface area contributed by atoms with Crippen molar-refractivity contribution in [2.45, 2.75) is 37.8 Å². The molecule has 2 aromatic carbocycles. The van der Waals surface area contributed by atoms with Gasteiger partial charge in [-0.2, -0.15) is 0 Å². The molecule has 1 saturated heterocycles. The molecule has 0 unspecified atom stereocenters. The Kier molecular flexibility index (Phi) is 7.01. The number of rotatable bonds is 8. The van der Waals surface area contributed by atoms with Gasteiger partial charge < -0.3 is 23.7 Å². The molecule has 0 aliphatic carbocycles. The average molecular weight is 370 g/mol. The lowest BCUT2D eigenvalue weighted by Gasteiger charge is -2.41. The van der Waals surface area contributed by atoms with Crippen molar-refractivity contribution in [2.75, 3.05) is 14.2 Å². The van der Waals surface area contributed by atoms with Gasteiger partial charge in [-0.1, -0.05) is 67.2 Å². The van der Waals surface area contributed by atoms with E-state index in [-0.39, 0.29) is 0 Å². The highest BCUT2D eigenvalue weighted by Gasteiger charge is 2.45. The highest BCUT2D eigenvalue weighted by atomic mass is 16.7. The van der Waals surface area contributed by atoms with Gasteiger partial charge in [0.2, 0.25) is 6.29 Å². The van der Waals surface area contributed by atoms with Crippen LogP contribution in [0.2, 0.25) is 0 Å². The van der Waals surface area contributed by atoms with E-state index in [9.17, 15) is 0 Å². The molecule has 1 fully saturated rings. The van der Waals surface area contributed by atoms with E-state index >= 15 is 0 Å². The molecule has 1 aliphatic heterocycles. The van der Waals surface area contributed by atoms with Crippen LogP contribution in [0.4, 0.5) is 0 Å². The van der Waals surface area contributed by atoms with Crippen LogP contribution in [0, 0.1) is 0 Å². The van der Waals surface area contributed by atoms with Gasteiger partial charge in [-0.15, -0.1) is 0 Å². The van der Waals surface area contributed by atoms with Gasteiger partial charge in [0.05, 0.1) is 13.2 Å². The average Bonchev–Trinajstić information content (AvgIpc) is 2.72. The van der Waals surface area contributed by atoms with Gasteiger partial charge in [-0.05, 0) is 11.1 Å². The van der Waals surface area contributed by atoms with Crippen LogP contribution in [0.5, 0.6) is 0 Å². The summed E-state index contributed by atoms with van der Waals surface area (Å²) in [7, 11) is 3.21. The smallest absolute Gasteiger partial charge is 0.228 e. The molecule has 0 spiro atoms. The van der Waals surface area contributed by atoms with E-state index in [0.717, 1.165) is 11.1 Å². The topological polar surface area (TPSA) is 46.2 Å². The van der Waals surface area contributed by atoms with E-state index in [1.807, 2.05) is 60.7 Å². The van der Waals surface area contributed by atoms with Crippen molar-refractivity contribution in [3.63, 3.8) is 0 Å². The second-order valence-electron chi connectivity index (χ2n) is 6.37. The maximum Gasteiger partial charge on any atom is 0.228 e. The van der Waals surface area contributed by atoms with E-state index in [1.54, 1.807) is 14.2 Å². The molecule has 27 heavy (non-hydrogen) atoms. The lowest BCUT2D eigenvalue weighted by molar-refractivity contribution is -0.264. The van der Waals surface area contributed by atoms with E-state index in [4.69, 9.17) is 23.7 Å². The molecule has 3 rings (SSSR count). The highest BCUT2D eigenvalue weighted by molar-refractivity contribution is 5.15. The van der Waals surface area contributed by atoms with Crippen LogP contribution in [0.15, 0.2) is 73.0 Å². The predicted molar refractivity (Wildman–Crippen MR) is 102 cm³/mol. The second-order valence-corrected chi connectivity index (χ2v) is 6.37. The SMILES string of the molecule is C=C1O[C@H](OC)[C@H](OCc2ccccc2)[C@@H](OC)[C@@H]1OCc1ccccc1. The van der Waals surface area contributed by atoms with E-state index in [0.29, 0.717) is 19.0 Å². The zero-order chi connectivity index (χ0) is 19.1. The molecule has 144 valence electrons. The fourth-order valence-electron chi connectivity index (χ4n) is 3.12. The van der Waals surface area contributed by atoms with Crippen LogP contribution in [-0.4, -0.2) is 38.8 Å². The molecule has 0 radical (unpaired) electrons. The number of hydrogen-bond donors (Lipinski definition) is 0. The van der Waals surface area contributed by atoms with E-state index < -0.39 is 24.6 Å². The summed E-state index contributed by atoms with van der Waals surface area (Å²) in [6, 6.07) is 19.9. The molecule has 4 atom stereocenters. The third-order valence-corrected chi connectivity index (χ3v) is 4.54. The third-order valence-electron chi connectivity index (χ3n) is 4.54. The zero-order valence-corrected chi connectivity index (χ0v) is 15.7. The minimum atomic E-state index is -0.609. The van der Waals surface area contributed by atoms with Crippen LogP contribution >= 0.6 is 0 Å². The molecule has 1 heterocycles. The molecule has 0 N–H and O–H groups in total. The fourth-order valence-corrected chi connectivity index (χ4v) is 3.12. The Morgan fingerprint density at radius 3 is 1.85 bits per heavy atom. The maximum absolute atomic E-state index is 6.11. The standard InChI is InChI=1S/C22H26O5/c1-16-19(25-14-17-10-6-4-7-11-17)20(23-2)21(22(24-3)27-16)26-15-18-12-8-5-9-13-18/h4-13,19-22H,1,14-15H2,2-3H3/t19-,20+,21-,22+/m1/s1. The van der Waals surface area contributed by atoms with Crippen molar-refractivity contribution in [1.82, 2.24) is 0 Å². The summed E-state index contributed by atoms with van der Waals surface area (Å²) < 4.78 is 29.2. The first-order valence-electron chi connectivity index (χ1n) is 8.95. The predicted octanol–water partition coefficient (Wildman–Crippen LogP) is 3.69. The lowest BCUT2D eigenvalue weighted by atomic mass is 10.0. The summed E-state index contributed by atoms with van der Waals surface area (Å²) in [5, 5.41) is 0. The van der Waals surface area contributed by atoms with E-state index in [1.165, 1.54) is 0 Å². The second kappa shape index (κ2) is 9.67.